The number of carbonyl (C=O) groups is 1. The lowest BCUT2D eigenvalue weighted by molar-refractivity contribution is -0.384. The number of nitrogens with one attached hydrogen (secondary N) is 2. The quantitative estimate of drug-likeness (QED) is 0.551. The lowest BCUT2D eigenvalue weighted by atomic mass is 10.2. The highest BCUT2D eigenvalue weighted by atomic mass is 19.1. The van der Waals surface area contributed by atoms with Crippen molar-refractivity contribution < 1.29 is 14.1 Å². The topological polar surface area (TPSA) is 140 Å². The molecule has 0 aliphatic carbocycles. The Bertz CT molecular complexity index is 655. The third-order valence-electron chi connectivity index (χ3n) is 2.13. The second-order valence-electron chi connectivity index (χ2n) is 3.42. The molecule has 10 heteroatoms. The maximum Gasteiger partial charge on any atom is 0.293 e. The van der Waals surface area contributed by atoms with Crippen LogP contribution in [0.2, 0.25) is 0 Å². The van der Waals surface area contributed by atoms with Gasteiger partial charge in [0.05, 0.1) is 10.6 Å². The second kappa shape index (κ2) is 4.68. The molecule has 0 radical (unpaired) electrons. The van der Waals surface area contributed by atoms with Gasteiger partial charge in [-0.05, 0) is 6.07 Å². The molecular formula is C9H7FN6O3. The molecule has 1 aromatic heterocycles. The number of nitro groups is 1. The zero-order valence-corrected chi connectivity index (χ0v) is 9.25. The van der Waals surface area contributed by atoms with Gasteiger partial charge in [0.25, 0.3) is 11.6 Å². The number of hydrogen-bond acceptors (Lipinski definition) is 6. The SMILES string of the molecule is Nc1n[nH]c(C(=O)Nc2cc([N+](=O)[O-])ccc2F)n1. The first-order chi connectivity index (χ1) is 8.97. The number of amides is 1. The number of nitrogens with zero attached hydrogens (tertiary/aromatic N) is 3. The Kier molecular flexibility index (Phi) is 3.06. The molecule has 0 saturated carbocycles. The molecule has 4 N–H and O–H groups in total. The number of H-pyrrole nitrogens is 1. The molecule has 0 aliphatic heterocycles. The van der Waals surface area contributed by atoms with Gasteiger partial charge in [-0.3, -0.25) is 20.0 Å². The van der Waals surface area contributed by atoms with Crippen molar-refractivity contribution in [2.75, 3.05) is 11.1 Å². The minimum Gasteiger partial charge on any atom is -0.366 e. The van der Waals surface area contributed by atoms with E-state index in [0.29, 0.717) is 0 Å². The van der Waals surface area contributed by atoms with E-state index in [2.05, 4.69) is 20.5 Å². The molecule has 1 aromatic carbocycles. The molecule has 0 atom stereocenters. The summed E-state index contributed by atoms with van der Waals surface area (Å²) < 4.78 is 13.4. The fourth-order valence-corrected chi connectivity index (χ4v) is 1.28. The monoisotopic (exact) mass is 266 g/mol. The number of nitrogens with two attached hydrogens (primary N) is 1. The third kappa shape index (κ3) is 2.62. The average molecular weight is 266 g/mol. The van der Waals surface area contributed by atoms with Gasteiger partial charge in [-0.1, -0.05) is 0 Å². The van der Waals surface area contributed by atoms with Gasteiger partial charge in [-0.25, -0.2) is 4.39 Å². The zero-order valence-electron chi connectivity index (χ0n) is 9.25. The standard InChI is InChI=1S/C9H7FN6O3/c10-5-2-1-4(16(18)19)3-6(5)12-8(17)7-13-9(11)15-14-7/h1-3H,(H,12,17)(H3,11,13,14,15). The number of aromatic nitrogens is 3. The molecular weight excluding hydrogens is 259 g/mol. The molecule has 98 valence electrons. The Morgan fingerprint density at radius 1 is 1.53 bits per heavy atom. The van der Waals surface area contributed by atoms with Crippen molar-refractivity contribution >= 4 is 23.2 Å². The maximum atomic E-state index is 13.4. The van der Waals surface area contributed by atoms with Crippen LogP contribution in [0.1, 0.15) is 10.6 Å². The van der Waals surface area contributed by atoms with Crippen LogP contribution in [0.4, 0.5) is 21.7 Å². The van der Waals surface area contributed by atoms with Crippen molar-refractivity contribution in [3.05, 3.63) is 40.0 Å². The van der Waals surface area contributed by atoms with Crippen LogP contribution in [-0.4, -0.2) is 26.0 Å². The number of hydrogen-bond donors (Lipinski definition) is 3. The molecule has 1 amide bonds. The van der Waals surface area contributed by atoms with Gasteiger partial charge >= 0.3 is 0 Å². The Morgan fingerprint density at radius 3 is 2.84 bits per heavy atom. The van der Waals surface area contributed by atoms with Crippen molar-refractivity contribution in [2.45, 2.75) is 0 Å². The van der Waals surface area contributed by atoms with Crippen LogP contribution in [0.25, 0.3) is 0 Å². The number of halogens is 1. The van der Waals surface area contributed by atoms with E-state index < -0.39 is 16.6 Å². The van der Waals surface area contributed by atoms with E-state index in [-0.39, 0.29) is 23.1 Å². The summed E-state index contributed by atoms with van der Waals surface area (Å²) in [6, 6.07) is 2.76. The van der Waals surface area contributed by atoms with Gasteiger partial charge in [0.1, 0.15) is 5.82 Å². The first-order valence-corrected chi connectivity index (χ1v) is 4.90. The maximum absolute atomic E-state index is 13.4. The van der Waals surface area contributed by atoms with E-state index >= 15 is 0 Å². The molecule has 0 bridgehead atoms. The van der Waals surface area contributed by atoms with Crippen LogP contribution in [0.3, 0.4) is 0 Å². The number of non-ortho nitro benzene ring substituents is 1. The van der Waals surface area contributed by atoms with Gasteiger partial charge in [0, 0.05) is 12.1 Å². The lowest BCUT2D eigenvalue weighted by Crippen LogP contribution is -2.15. The molecule has 0 saturated heterocycles. The lowest BCUT2D eigenvalue weighted by Gasteiger charge is -2.03. The first kappa shape index (κ1) is 12.4. The number of aromatic amines is 1. The number of carbonyl (C=O) groups excluding carboxylic acids is 1. The molecule has 0 fully saturated rings. The van der Waals surface area contributed by atoms with Crippen LogP contribution in [0, 0.1) is 15.9 Å². The van der Waals surface area contributed by atoms with E-state index in [4.69, 9.17) is 5.73 Å². The highest BCUT2D eigenvalue weighted by Crippen LogP contribution is 2.21. The fourth-order valence-electron chi connectivity index (χ4n) is 1.28. The van der Waals surface area contributed by atoms with Crippen LogP contribution >= 0.6 is 0 Å². The van der Waals surface area contributed by atoms with Gasteiger partial charge < -0.3 is 11.1 Å². The van der Waals surface area contributed by atoms with E-state index in [1.54, 1.807) is 0 Å². The molecule has 9 nitrogen and oxygen atoms in total. The van der Waals surface area contributed by atoms with Crippen LogP contribution < -0.4 is 11.1 Å². The van der Waals surface area contributed by atoms with Crippen molar-refractivity contribution in [3.63, 3.8) is 0 Å². The van der Waals surface area contributed by atoms with Crippen LogP contribution in [0.15, 0.2) is 18.2 Å². The highest BCUT2D eigenvalue weighted by Gasteiger charge is 2.16. The highest BCUT2D eigenvalue weighted by molar-refractivity contribution is 6.01. The van der Waals surface area contributed by atoms with E-state index in [1.165, 1.54) is 0 Å². The fraction of sp³-hybridized carbons (Fsp3) is 0. The Hall–Kier alpha value is -3.04. The summed E-state index contributed by atoms with van der Waals surface area (Å²) in [5, 5.41) is 18.3. The smallest absolute Gasteiger partial charge is 0.293 e. The number of anilines is 2. The van der Waals surface area contributed by atoms with E-state index in [0.717, 1.165) is 18.2 Å². The first-order valence-electron chi connectivity index (χ1n) is 4.90. The molecule has 0 unspecified atom stereocenters. The molecule has 0 aliphatic rings. The zero-order chi connectivity index (χ0) is 14.0. The Labute approximate surface area is 104 Å². The number of rotatable bonds is 3. The summed E-state index contributed by atoms with van der Waals surface area (Å²) in [5.74, 6) is -2.01. The second-order valence-corrected chi connectivity index (χ2v) is 3.42. The van der Waals surface area contributed by atoms with E-state index in [9.17, 15) is 19.3 Å². The molecule has 19 heavy (non-hydrogen) atoms. The number of nitro benzene ring substituents is 1. The van der Waals surface area contributed by atoms with E-state index in [1.807, 2.05) is 0 Å². The van der Waals surface area contributed by atoms with Crippen molar-refractivity contribution in [1.29, 1.82) is 0 Å². The predicted molar refractivity (Wildman–Crippen MR) is 61.8 cm³/mol. The van der Waals surface area contributed by atoms with Crippen molar-refractivity contribution in [3.8, 4) is 0 Å². The van der Waals surface area contributed by atoms with Crippen LogP contribution in [0.5, 0.6) is 0 Å². The van der Waals surface area contributed by atoms with Gasteiger partial charge in [-0.2, -0.15) is 4.98 Å². The third-order valence-corrected chi connectivity index (χ3v) is 2.13. The van der Waals surface area contributed by atoms with Gasteiger partial charge in [0.2, 0.25) is 11.8 Å². The Balaban J connectivity index is 2.25. The molecule has 1 heterocycles. The van der Waals surface area contributed by atoms with Crippen LogP contribution in [-0.2, 0) is 0 Å². The average Bonchev–Trinajstić information content (AvgIpc) is 2.78. The largest absolute Gasteiger partial charge is 0.366 e. The molecule has 0 spiro atoms. The summed E-state index contributed by atoms with van der Waals surface area (Å²) >= 11 is 0. The number of nitrogen functional groups attached to an aromatic ring is 1. The van der Waals surface area contributed by atoms with Crippen molar-refractivity contribution in [1.82, 2.24) is 15.2 Å². The summed E-state index contributed by atoms with van der Waals surface area (Å²) in [5.41, 5.74) is 4.51. The summed E-state index contributed by atoms with van der Waals surface area (Å²) in [6.07, 6.45) is 0. The number of benzene rings is 1. The summed E-state index contributed by atoms with van der Waals surface area (Å²) in [6.45, 7) is 0. The summed E-state index contributed by atoms with van der Waals surface area (Å²) in [7, 11) is 0. The molecule has 2 rings (SSSR count). The van der Waals surface area contributed by atoms with Crippen molar-refractivity contribution in [2.24, 2.45) is 0 Å². The molecule has 2 aromatic rings. The van der Waals surface area contributed by atoms with Gasteiger partial charge in [0.15, 0.2) is 0 Å². The minimum atomic E-state index is -0.816. The summed E-state index contributed by atoms with van der Waals surface area (Å²) in [4.78, 5) is 25.0. The van der Waals surface area contributed by atoms with Gasteiger partial charge in [-0.15, -0.1) is 5.10 Å². The minimum absolute atomic E-state index is 0.148. The predicted octanol–water partition coefficient (Wildman–Crippen LogP) is 0.686. The normalized spacial score (nSPS) is 10.2. The Morgan fingerprint density at radius 2 is 2.26 bits per heavy atom.